The SMILES string of the molecule is CCCOc1cccc(C(O)=C2C(=O)C(=O)N(CCCN(C)C)C2c2ccc(C)o2)c1. The molecule has 7 heteroatoms. The van der Waals surface area contributed by atoms with Gasteiger partial charge in [0.25, 0.3) is 11.7 Å². The summed E-state index contributed by atoms with van der Waals surface area (Å²) in [5.74, 6) is 0.162. The Morgan fingerprint density at radius 2 is 2.00 bits per heavy atom. The molecule has 1 saturated heterocycles. The minimum atomic E-state index is -0.768. The highest BCUT2D eigenvalue weighted by molar-refractivity contribution is 6.46. The summed E-state index contributed by atoms with van der Waals surface area (Å²) < 4.78 is 11.4. The van der Waals surface area contributed by atoms with Gasteiger partial charge in [-0.25, -0.2) is 0 Å². The minimum absolute atomic E-state index is 0.0387. The van der Waals surface area contributed by atoms with Gasteiger partial charge in [0.1, 0.15) is 29.1 Å². The largest absolute Gasteiger partial charge is 0.507 e. The summed E-state index contributed by atoms with van der Waals surface area (Å²) in [6.45, 7) is 5.50. The molecule has 1 N–H and O–H groups in total. The molecule has 1 aliphatic heterocycles. The van der Waals surface area contributed by atoms with Gasteiger partial charge in [-0.15, -0.1) is 0 Å². The van der Waals surface area contributed by atoms with E-state index in [2.05, 4.69) is 0 Å². The summed E-state index contributed by atoms with van der Waals surface area (Å²) in [5.41, 5.74) is 0.463. The third kappa shape index (κ3) is 4.99. The molecule has 7 nitrogen and oxygen atoms in total. The number of aliphatic hydroxyl groups excluding tert-OH is 1. The van der Waals surface area contributed by atoms with Gasteiger partial charge >= 0.3 is 0 Å². The molecule has 1 unspecified atom stereocenters. The first-order chi connectivity index (χ1) is 14.8. The molecule has 0 bridgehead atoms. The molecule has 0 aliphatic carbocycles. The van der Waals surface area contributed by atoms with Crippen molar-refractivity contribution in [2.24, 2.45) is 0 Å². The van der Waals surface area contributed by atoms with Crippen LogP contribution in [0, 0.1) is 6.92 Å². The van der Waals surface area contributed by atoms with Crippen molar-refractivity contribution in [1.82, 2.24) is 9.80 Å². The van der Waals surface area contributed by atoms with Crippen molar-refractivity contribution in [2.75, 3.05) is 33.8 Å². The number of carbonyl (C=O) groups excluding carboxylic acids is 2. The topological polar surface area (TPSA) is 83.2 Å². The lowest BCUT2D eigenvalue weighted by Gasteiger charge is -2.24. The number of benzene rings is 1. The van der Waals surface area contributed by atoms with Crippen LogP contribution in [0.2, 0.25) is 0 Å². The molecule has 1 atom stereocenters. The van der Waals surface area contributed by atoms with Crippen molar-refractivity contribution in [1.29, 1.82) is 0 Å². The minimum Gasteiger partial charge on any atom is -0.507 e. The van der Waals surface area contributed by atoms with E-state index in [9.17, 15) is 14.7 Å². The number of hydrogen-bond acceptors (Lipinski definition) is 6. The first kappa shape index (κ1) is 22.6. The molecule has 1 fully saturated rings. The van der Waals surface area contributed by atoms with E-state index >= 15 is 0 Å². The fraction of sp³-hybridized carbons (Fsp3) is 0.417. The second kappa shape index (κ2) is 9.83. The van der Waals surface area contributed by atoms with E-state index in [1.165, 1.54) is 4.90 Å². The third-order valence-corrected chi connectivity index (χ3v) is 5.16. The fourth-order valence-corrected chi connectivity index (χ4v) is 3.67. The number of aliphatic hydroxyl groups is 1. The van der Waals surface area contributed by atoms with Crippen molar-refractivity contribution in [3.63, 3.8) is 0 Å². The Morgan fingerprint density at radius 1 is 1.23 bits per heavy atom. The van der Waals surface area contributed by atoms with E-state index in [4.69, 9.17) is 9.15 Å². The van der Waals surface area contributed by atoms with Crippen LogP contribution in [0.1, 0.15) is 42.9 Å². The number of hydrogen-bond donors (Lipinski definition) is 1. The van der Waals surface area contributed by atoms with Crippen LogP contribution in [0.4, 0.5) is 0 Å². The van der Waals surface area contributed by atoms with E-state index in [0.29, 0.717) is 42.4 Å². The predicted molar refractivity (Wildman–Crippen MR) is 118 cm³/mol. The average molecular weight is 427 g/mol. The average Bonchev–Trinajstić information content (AvgIpc) is 3.28. The van der Waals surface area contributed by atoms with Crippen LogP contribution in [-0.2, 0) is 9.59 Å². The maximum atomic E-state index is 13.0. The monoisotopic (exact) mass is 426 g/mol. The molecule has 31 heavy (non-hydrogen) atoms. The van der Waals surface area contributed by atoms with Gasteiger partial charge in [-0.1, -0.05) is 19.1 Å². The number of aryl methyl sites for hydroxylation is 1. The zero-order valence-electron chi connectivity index (χ0n) is 18.6. The van der Waals surface area contributed by atoms with Gasteiger partial charge in [-0.3, -0.25) is 9.59 Å². The zero-order chi connectivity index (χ0) is 22.5. The van der Waals surface area contributed by atoms with E-state index in [1.807, 2.05) is 25.9 Å². The van der Waals surface area contributed by atoms with Crippen molar-refractivity contribution in [2.45, 2.75) is 32.7 Å². The lowest BCUT2D eigenvalue weighted by Crippen LogP contribution is -2.32. The highest BCUT2D eigenvalue weighted by Crippen LogP contribution is 2.40. The lowest BCUT2D eigenvalue weighted by atomic mass is 9.99. The predicted octanol–water partition coefficient (Wildman–Crippen LogP) is 3.75. The maximum absolute atomic E-state index is 13.0. The highest BCUT2D eigenvalue weighted by Gasteiger charge is 2.47. The number of likely N-dealkylation sites (tertiary alicyclic amines) is 1. The quantitative estimate of drug-likeness (QED) is 0.374. The molecule has 1 aliphatic rings. The van der Waals surface area contributed by atoms with Gasteiger partial charge in [0, 0.05) is 12.1 Å². The summed E-state index contributed by atoms with van der Waals surface area (Å²) in [6, 6.07) is 9.68. The first-order valence-electron chi connectivity index (χ1n) is 10.6. The Morgan fingerprint density at radius 3 is 2.65 bits per heavy atom. The van der Waals surface area contributed by atoms with Crippen LogP contribution >= 0.6 is 0 Å². The normalized spacial score (nSPS) is 18.2. The van der Waals surface area contributed by atoms with Gasteiger partial charge in [0.05, 0.1) is 12.2 Å². The fourth-order valence-electron chi connectivity index (χ4n) is 3.67. The Labute approximate surface area is 182 Å². The number of furan rings is 1. The van der Waals surface area contributed by atoms with Crippen LogP contribution in [0.5, 0.6) is 5.75 Å². The summed E-state index contributed by atoms with van der Waals surface area (Å²) >= 11 is 0. The lowest BCUT2D eigenvalue weighted by molar-refractivity contribution is -0.140. The number of carbonyl (C=O) groups is 2. The second-order valence-corrected chi connectivity index (χ2v) is 7.97. The van der Waals surface area contributed by atoms with Gasteiger partial charge in [-0.05, 0) is 64.7 Å². The number of nitrogens with zero attached hydrogens (tertiary/aromatic N) is 2. The Hall–Kier alpha value is -3.06. The molecule has 1 amide bonds. The highest BCUT2D eigenvalue weighted by atomic mass is 16.5. The number of amides is 1. The van der Waals surface area contributed by atoms with E-state index in [1.54, 1.807) is 43.3 Å². The summed E-state index contributed by atoms with van der Waals surface area (Å²) in [4.78, 5) is 29.4. The van der Waals surface area contributed by atoms with Crippen LogP contribution in [-0.4, -0.2) is 60.4 Å². The summed E-state index contributed by atoms with van der Waals surface area (Å²) in [6.07, 6.45) is 1.54. The number of Topliss-reactive ketones (excluding diaryl/α,β-unsaturated/α-hetero) is 1. The van der Waals surface area contributed by atoms with Crippen LogP contribution in [0.3, 0.4) is 0 Å². The van der Waals surface area contributed by atoms with Crippen molar-refractivity contribution < 1.29 is 23.8 Å². The molecule has 1 aromatic heterocycles. The van der Waals surface area contributed by atoms with Crippen LogP contribution < -0.4 is 4.74 Å². The smallest absolute Gasteiger partial charge is 0.295 e. The van der Waals surface area contributed by atoms with E-state index in [-0.39, 0.29) is 11.3 Å². The Balaban J connectivity index is 2.03. The summed E-state index contributed by atoms with van der Waals surface area (Å²) in [7, 11) is 3.91. The maximum Gasteiger partial charge on any atom is 0.295 e. The third-order valence-electron chi connectivity index (χ3n) is 5.16. The molecule has 2 aromatic rings. The molecule has 0 spiro atoms. The zero-order valence-corrected chi connectivity index (χ0v) is 18.6. The van der Waals surface area contributed by atoms with E-state index < -0.39 is 17.7 Å². The molecule has 0 radical (unpaired) electrons. The van der Waals surface area contributed by atoms with Crippen LogP contribution in [0.15, 0.2) is 46.4 Å². The van der Waals surface area contributed by atoms with Crippen LogP contribution in [0.25, 0.3) is 5.76 Å². The molecular formula is C24H30N2O5. The van der Waals surface area contributed by atoms with Gasteiger partial charge in [0.2, 0.25) is 0 Å². The molecule has 166 valence electrons. The molecule has 3 rings (SSSR count). The Kier molecular flexibility index (Phi) is 7.17. The molecule has 1 aromatic carbocycles. The molecule has 2 heterocycles. The first-order valence-corrected chi connectivity index (χ1v) is 10.6. The summed E-state index contributed by atoms with van der Waals surface area (Å²) in [5, 5.41) is 11.1. The molecule has 0 saturated carbocycles. The number of rotatable bonds is 9. The van der Waals surface area contributed by atoms with Gasteiger partial charge in [-0.2, -0.15) is 0 Å². The molecular weight excluding hydrogens is 396 g/mol. The van der Waals surface area contributed by atoms with Crippen molar-refractivity contribution >= 4 is 17.4 Å². The van der Waals surface area contributed by atoms with Crippen molar-refractivity contribution in [3.8, 4) is 5.75 Å². The van der Waals surface area contributed by atoms with Gasteiger partial charge in [0.15, 0.2) is 0 Å². The number of ketones is 1. The van der Waals surface area contributed by atoms with Crippen molar-refractivity contribution in [3.05, 3.63) is 59.1 Å². The van der Waals surface area contributed by atoms with Gasteiger partial charge < -0.3 is 24.1 Å². The number of ether oxygens (including phenoxy) is 1. The van der Waals surface area contributed by atoms with E-state index in [0.717, 1.165) is 13.0 Å². The Bertz CT molecular complexity index is 976. The second-order valence-electron chi connectivity index (χ2n) is 7.97. The standard InChI is InChI=1S/C24H30N2O5/c1-5-14-30-18-9-6-8-17(15-18)22(27)20-21(19-11-10-16(2)31-19)26(24(29)23(20)28)13-7-12-25(3)4/h6,8-11,15,21,27H,5,7,12-14H2,1-4H3.